The summed E-state index contributed by atoms with van der Waals surface area (Å²) in [5.74, 6) is 3.17. The van der Waals surface area contributed by atoms with E-state index in [0.29, 0.717) is 24.4 Å². The summed E-state index contributed by atoms with van der Waals surface area (Å²) >= 11 is 0. The molecule has 0 aliphatic heterocycles. The molecule has 4 rings (SSSR count). The van der Waals surface area contributed by atoms with E-state index in [2.05, 4.69) is 37.5 Å². The number of aromatic nitrogens is 2. The summed E-state index contributed by atoms with van der Waals surface area (Å²) in [5.41, 5.74) is 3.17. The lowest BCUT2D eigenvalue weighted by Crippen LogP contribution is -2.37. The SMILES string of the molecule is Cc1ccccc1OCc1n(CC(=O)O[C@H]2C[C@H](C)CC[C@@H]2C(C)C)c2ccccc2[n+]1C. The summed E-state index contributed by atoms with van der Waals surface area (Å²) in [4.78, 5) is 13.2. The molecule has 1 heterocycles. The van der Waals surface area contributed by atoms with Crippen LogP contribution in [0.3, 0.4) is 0 Å². The zero-order chi connectivity index (χ0) is 23.5. The van der Waals surface area contributed by atoms with Crippen molar-refractivity contribution in [2.75, 3.05) is 0 Å². The van der Waals surface area contributed by atoms with E-state index in [9.17, 15) is 4.79 Å². The van der Waals surface area contributed by atoms with E-state index in [1.807, 2.05) is 54.9 Å². The van der Waals surface area contributed by atoms with Crippen LogP contribution in [-0.2, 0) is 29.7 Å². The second-order valence-corrected chi connectivity index (χ2v) is 9.96. The Bertz CT molecular complexity index is 1120. The van der Waals surface area contributed by atoms with Crippen molar-refractivity contribution in [3.63, 3.8) is 0 Å². The molecule has 33 heavy (non-hydrogen) atoms. The topological polar surface area (TPSA) is 44.3 Å². The standard InChI is InChI=1S/C28H37N2O3/c1-19(2)22-15-14-20(3)16-26(22)33-28(31)17-30-24-12-8-7-11-23(24)29(5)27(30)18-32-25-13-9-6-10-21(25)4/h6-13,19-20,22,26H,14-18H2,1-5H3/q+1/t20-,22-,26+/m1/s1. The van der Waals surface area contributed by atoms with Crippen LogP contribution in [0.4, 0.5) is 0 Å². The number of fused-ring (bicyclic) bond motifs is 1. The largest absolute Gasteiger partial charge is 0.481 e. The van der Waals surface area contributed by atoms with Gasteiger partial charge in [-0.3, -0.25) is 0 Å². The number of hydrogen-bond acceptors (Lipinski definition) is 3. The van der Waals surface area contributed by atoms with Crippen molar-refractivity contribution in [3.05, 3.63) is 59.9 Å². The van der Waals surface area contributed by atoms with Gasteiger partial charge in [0.25, 0.3) is 5.82 Å². The van der Waals surface area contributed by atoms with Gasteiger partial charge in [0.15, 0.2) is 24.2 Å². The Morgan fingerprint density at radius 2 is 1.85 bits per heavy atom. The number of carbonyl (C=O) groups excluding carboxylic acids is 1. The average Bonchev–Trinajstić information content (AvgIpc) is 3.04. The lowest BCUT2D eigenvalue weighted by molar-refractivity contribution is -0.655. The van der Waals surface area contributed by atoms with E-state index in [1.165, 1.54) is 6.42 Å². The average molecular weight is 450 g/mol. The van der Waals surface area contributed by atoms with Gasteiger partial charge in [-0.05, 0) is 61.3 Å². The lowest BCUT2D eigenvalue weighted by atomic mass is 9.75. The number of hydrogen-bond donors (Lipinski definition) is 0. The normalized spacial score (nSPS) is 20.8. The fraction of sp³-hybridized carbons (Fsp3) is 0.500. The summed E-state index contributed by atoms with van der Waals surface area (Å²) in [7, 11) is 2.03. The predicted molar refractivity (Wildman–Crippen MR) is 130 cm³/mol. The minimum Gasteiger partial charge on any atom is -0.481 e. The highest BCUT2D eigenvalue weighted by Crippen LogP contribution is 2.35. The number of esters is 1. The minimum atomic E-state index is -0.168. The summed E-state index contributed by atoms with van der Waals surface area (Å²) in [6.07, 6.45) is 3.31. The first-order valence-electron chi connectivity index (χ1n) is 12.2. The van der Waals surface area contributed by atoms with Gasteiger partial charge in [-0.25, -0.2) is 13.9 Å². The highest BCUT2D eigenvalue weighted by atomic mass is 16.5. The second-order valence-electron chi connectivity index (χ2n) is 9.96. The fourth-order valence-corrected chi connectivity index (χ4v) is 5.23. The molecule has 0 N–H and O–H groups in total. The Morgan fingerprint density at radius 1 is 1.12 bits per heavy atom. The van der Waals surface area contributed by atoms with Crippen LogP contribution in [-0.4, -0.2) is 16.6 Å². The van der Waals surface area contributed by atoms with E-state index < -0.39 is 0 Å². The Kier molecular flexibility index (Phi) is 7.06. The molecule has 2 aromatic carbocycles. The molecule has 3 atom stereocenters. The summed E-state index contributed by atoms with van der Waals surface area (Å²) in [5, 5.41) is 0. The van der Waals surface area contributed by atoms with Crippen molar-refractivity contribution in [2.24, 2.45) is 24.8 Å². The molecule has 176 valence electrons. The van der Waals surface area contributed by atoms with E-state index in [1.54, 1.807) is 0 Å². The van der Waals surface area contributed by atoms with Gasteiger partial charge in [0.05, 0.1) is 7.05 Å². The highest BCUT2D eigenvalue weighted by molar-refractivity contribution is 5.76. The fourth-order valence-electron chi connectivity index (χ4n) is 5.23. The van der Waals surface area contributed by atoms with Crippen molar-refractivity contribution in [1.82, 2.24) is 4.57 Å². The van der Waals surface area contributed by atoms with Crippen molar-refractivity contribution in [1.29, 1.82) is 0 Å². The molecule has 1 fully saturated rings. The summed E-state index contributed by atoms with van der Waals surface area (Å²) in [6, 6.07) is 16.2. The van der Waals surface area contributed by atoms with Gasteiger partial charge in [-0.15, -0.1) is 0 Å². The third-order valence-electron chi connectivity index (χ3n) is 7.21. The van der Waals surface area contributed by atoms with Crippen LogP contribution in [0.25, 0.3) is 11.0 Å². The zero-order valence-corrected chi connectivity index (χ0v) is 20.6. The quantitative estimate of drug-likeness (QED) is 0.360. The Balaban J connectivity index is 1.58. The number of benzene rings is 2. The van der Waals surface area contributed by atoms with Gasteiger partial charge in [-0.1, -0.05) is 57.5 Å². The van der Waals surface area contributed by atoms with Crippen LogP contribution in [0.5, 0.6) is 5.75 Å². The van der Waals surface area contributed by atoms with Gasteiger partial charge in [-0.2, -0.15) is 0 Å². The zero-order valence-electron chi connectivity index (χ0n) is 20.6. The van der Waals surface area contributed by atoms with Crippen LogP contribution < -0.4 is 9.30 Å². The van der Waals surface area contributed by atoms with Crippen LogP contribution >= 0.6 is 0 Å². The number of aryl methyl sites for hydroxylation is 2. The number of ether oxygens (including phenoxy) is 2. The van der Waals surface area contributed by atoms with Gasteiger partial charge < -0.3 is 9.47 Å². The summed E-state index contributed by atoms with van der Waals surface area (Å²) in [6.45, 7) is 9.34. The molecule has 0 amide bonds. The number of nitrogens with zero attached hydrogens (tertiary/aromatic N) is 2. The summed E-state index contributed by atoms with van der Waals surface area (Å²) < 4.78 is 16.5. The third kappa shape index (κ3) is 5.07. The number of carbonyl (C=O) groups is 1. The molecule has 1 aliphatic rings. The van der Waals surface area contributed by atoms with Gasteiger partial charge in [0.1, 0.15) is 11.9 Å². The molecule has 0 saturated heterocycles. The predicted octanol–water partition coefficient (Wildman–Crippen LogP) is 5.36. The number of para-hydroxylation sites is 3. The van der Waals surface area contributed by atoms with Gasteiger partial charge >= 0.3 is 5.97 Å². The van der Waals surface area contributed by atoms with E-state index in [4.69, 9.17) is 9.47 Å². The van der Waals surface area contributed by atoms with Crippen molar-refractivity contribution in [3.8, 4) is 5.75 Å². The first-order chi connectivity index (χ1) is 15.8. The molecule has 1 aliphatic carbocycles. The third-order valence-corrected chi connectivity index (χ3v) is 7.21. The first kappa shape index (κ1) is 23.3. The van der Waals surface area contributed by atoms with Crippen molar-refractivity contribution < 1.29 is 18.8 Å². The van der Waals surface area contributed by atoms with E-state index >= 15 is 0 Å². The molecule has 0 radical (unpaired) electrons. The molecule has 1 saturated carbocycles. The Morgan fingerprint density at radius 3 is 2.61 bits per heavy atom. The van der Waals surface area contributed by atoms with E-state index in [-0.39, 0.29) is 18.6 Å². The van der Waals surface area contributed by atoms with Crippen LogP contribution in [0.15, 0.2) is 48.5 Å². The maximum atomic E-state index is 13.2. The smallest absolute Gasteiger partial charge is 0.348 e. The number of rotatable bonds is 7. The van der Waals surface area contributed by atoms with Crippen molar-refractivity contribution >= 4 is 17.0 Å². The molecule has 0 spiro atoms. The van der Waals surface area contributed by atoms with Gasteiger partial charge in [0, 0.05) is 0 Å². The van der Waals surface area contributed by atoms with Crippen molar-refractivity contribution in [2.45, 2.75) is 66.2 Å². The molecular weight excluding hydrogens is 412 g/mol. The molecule has 1 aromatic heterocycles. The molecule has 5 nitrogen and oxygen atoms in total. The molecule has 0 bridgehead atoms. The van der Waals surface area contributed by atoms with Crippen LogP contribution in [0.1, 0.15) is 51.4 Å². The second kappa shape index (κ2) is 9.98. The molecule has 0 unspecified atom stereocenters. The maximum Gasteiger partial charge on any atom is 0.348 e. The van der Waals surface area contributed by atoms with E-state index in [0.717, 1.165) is 41.0 Å². The van der Waals surface area contributed by atoms with Crippen LogP contribution in [0, 0.1) is 24.7 Å². The molecular formula is C28H37N2O3+. The minimum absolute atomic E-state index is 0.00324. The number of imidazole rings is 1. The van der Waals surface area contributed by atoms with Crippen LogP contribution in [0.2, 0.25) is 0 Å². The maximum absolute atomic E-state index is 13.2. The lowest BCUT2D eigenvalue weighted by Gasteiger charge is -2.36. The Hall–Kier alpha value is -2.82. The Labute approximate surface area is 197 Å². The first-order valence-corrected chi connectivity index (χ1v) is 12.2. The monoisotopic (exact) mass is 449 g/mol. The molecule has 5 heteroatoms. The molecule has 3 aromatic rings. The highest BCUT2D eigenvalue weighted by Gasteiger charge is 2.34. The van der Waals surface area contributed by atoms with Gasteiger partial charge in [0.2, 0.25) is 0 Å².